The van der Waals surface area contributed by atoms with Crippen LogP contribution in [0.3, 0.4) is 0 Å². The number of halogens is 3. The van der Waals surface area contributed by atoms with Crippen molar-refractivity contribution in [3.8, 4) is 0 Å². The van der Waals surface area contributed by atoms with Gasteiger partial charge in [-0.1, -0.05) is 26.0 Å². The molecule has 2 heterocycles. The number of alkyl halides is 3. The van der Waals surface area contributed by atoms with E-state index >= 15 is 0 Å². The predicted molar refractivity (Wildman–Crippen MR) is 95.7 cm³/mol. The molecule has 1 unspecified atom stereocenters. The van der Waals surface area contributed by atoms with E-state index < -0.39 is 17.8 Å². The van der Waals surface area contributed by atoms with E-state index in [9.17, 15) is 18.0 Å². The van der Waals surface area contributed by atoms with Crippen LogP contribution in [0.25, 0.3) is 0 Å². The third-order valence-electron chi connectivity index (χ3n) is 4.43. The first-order valence-corrected chi connectivity index (χ1v) is 8.85. The highest BCUT2D eigenvalue weighted by molar-refractivity contribution is 5.38. The maximum absolute atomic E-state index is 12.7. The average molecular weight is 381 g/mol. The summed E-state index contributed by atoms with van der Waals surface area (Å²) in [4.78, 5) is 18.8. The summed E-state index contributed by atoms with van der Waals surface area (Å²) in [5.74, 6) is 0.667. The summed E-state index contributed by atoms with van der Waals surface area (Å²) in [6, 6.07) is 4.95. The quantitative estimate of drug-likeness (QED) is 0.813. The van der Waals surface area contributed by atoms with E-state index in [1.807, 2.05) is 18.7 Å². The summed E-state index contributed by atoms with van der Waals surface area (Å²) in [6.07, 6.45) is -1.52. The fraction of sp³-hybridized carbons (Fsp3) is 0.474. The molecule has 1 aromatic carbocycles. The van der Waals surface area contributed by atoms with Gasteiger partial charge in [0.05, 0.1) is 18.7 Å². The van der Waals surface area contributed by atoms with Gasteiger partial charge in [0.25, 0.3) is 5.56 Å². The first-order chi connectivity index (χ1) is 12.8. The fourth-order valence-corrected chi connectivity index (χ4v) is 3.12. The maximum Gasteiger partial charge on any atom is 0.416 e. The number of hydrogen-bond acceptors (Lipinski definition) is 4. The molecule has 0 aliphatic carbocycles. The Labute approximate surface area is 155 Å². The molecular formula is C19H22F3N3O2. The third kappa shape index (κ3) is 4.50. The molecule has 1 aromatic heterocycles. The van der Waals surface area contributed by atoms with Crippen LogP contribution in [0, 0.1) is 5.92 Å². The fourth-order valence-electron chi connectivity index (χ4n) is 3.12. The molecular weight excluding hydrogens is 359 g/mol. The van der Waals surface area contributed by atoms with Gasteiger partial charge < -0.3 is 14.2 Å². The van der Waals surface area contributed by atoms with Crippen molar-refractivity contribution in [2.24, 2.45) is 5.92 Å². The lowest BCUT2D eigenvalue weighted by atomic mass is 10.1. The van der Waals surface area contributed by atoms with Crippen molar-refractivity contribution in [3.63, 3.8) is 0 Å². The number of nitrogens with zero attached hydrogens (tertiary/aromatic N) is 3. The van der Waals surface area contributed by atoms with Gasteiger partial charge in [0, 0.05) is 25.5 Å². The molecule has 2 aromatic rings. The average Bonchev–Trinajstić information content (AvgIpc) is 2.63. The molecule has 1 fully saturated rings. The predicted octanol–water partition coefficient (Wildman–Crippen LogP) is 3.50. The molecule has 0 N–H and O–H groups in total. The molecule has 1 atom stereocenters. The van der Waals surface area contributed by atoms with Crippen LogP contribution in [0.5, 0.6) is 0 Å². The molecule has 3 rings (SSSR count). The molecule has 0 spiro atoms. The first-order valence-electron chi connectivity index (χ1n) is 8.85. The van der Waals surface area contributed by atoms with Crippen molar-refractivity contribution in [2.45, 2.75) is 32.7 Å². The van der Waals surface area contributed by atoms with E-state index in [2.05, 4.69) is 4.98 Å². The zero-order chi connectivity index (χ0) is 19.6. The molecule has 1 saturated heterocycles. The number of morpholine rings is 1. The smallest absolute Gasteiger partial charge is 0.370 e. The standard InChI is InChI=1S/C19H22F3N3O2/c1-13(2)11-25-8-7-23-17(18(25)26)24-9-10-27-16(12-24)14-3-5-15(6-4-14)19(20,21)22/h3-8,13,16H,9-12H2,1-2H3. The molecule has 27 heavy (non-hydrogen) atoms. The normalized spacial score (nSPS) is 18.1. The molecule has 8 heteroatoms. The molecule has 0 amide bonds. The Balaban J connectivity index is 1.80. The van der Waals surface area contributed by atoms with Crippen LogP contribution in [0.15, 0.2) is 41.5 Å². The second kappa shape index (κ2) is 7.72. The molecule has 0 radical (unpaired) electrons. The largest absolute Gasteiger partial charge is 0.416 e. The van der Waals surface area contributed by atoms with E-state index in [1.54, 1.807) is 17.0 Å². The van der Waals surface area contributed by atoms with Gasteiger partial charge in [-0.05, 0) is 23.6 Å². The summed E-state index contributed by atoms with van der Waals surface area (Å²) in [5.41, 5.74) is -0.217. The summed E-state index contributed by atoms with van der Waals surface area (Å²) >= 11 is 0. The number of ether oxygens (including phenoxy) is 1. The highest BCUT2D eigenvalue weighted by Gasteiger charge is 2.31. The van der Waals surface area contributed by atoms with Crippen molar-refractivity contribution >= 4 is 5.82 Å². The van der Waals surface area contributed by atoms with E-state index in [0.717, 1.165) is 12.1 Å². The summed E-state index contributed by atoms with van der Waals surface area (Å²) in [5, 5.41) is 0. The highest BCUT2D eigenvalue weighted by Crippen LogP contribution is 2.31. The Bertz CT molecular complexity index is 831. The second-order valence-corrected chi connectivity index (χ2v) is 7.03. The van der Waals surface area contributed by atoms with Crippen LogP contribution in [-0.4, -0.2) is 29.2 Å². The van der Waals surface area contributed by atoms with E-state index in [4.69, 9.17) is 4.74 Å². The van der Waals surface area contributed by atoms with Crippen LogP contribution in [0.2, 0.25) is 0 Å². The maximum atomic E-state index is 12.7. The zero-order valence-corrected chi connectivity index (χ0v) is 15.2. The van der Waals surface area contributed by atoms with Crippen molar-refractivity contribution in [1.29, 1.82) is 0 Å². The molecule has 146 valence electrons. The molecule has 1 aliphatic rings. The summed E-state index contributed by atoms with van der Waals surface area (Å²) in [7, 11) is 0. The van der Waals surface area contributed by atoms with Crippen LogP contribution >= 0.6 is 0 Å². The lowest BCUT2D eigenvalue weighted by molar-refractivity contribution is -0.137. The molecule has 0 bridgehead atoms. The topological polar surface area (TPSA) is 47.4 Å². The van der Waals surface area contributed by atoms with Crippen LogP contribution in [0.4, 0.5) is 19.0 Å². The number of benzene rings is 1. The molecule has 0 saturated carbocycles. The van der Waals surface area contributed by atoms with Gasteiger partial charge in [-0.25, -0.2) is 4.98 Å². The van der Waals surface area contributed by atoms with Crippen LogP contribution in [0.1, 0.15) is 31.1 Å². The van der Waals surface area contributed by atoms with Crippen molar-refractivity contribution in [3.05, 3.63) is 58.1 Å². The van der Waals surface area contributed by atoms with Crippen LogP contribution < -0.4 is 10.5 Å². The van der Waals surface area contributed by atoms with Crippen molar-refractivity contribution < 1.29 is 17.9 Å². The number of anilines is 1. The van der Waals surface area contributed by atoms with Gasteiger partial charge in [-0.3, -0.25) is 4.79 Å². The van der Waals surface area contributed by atoms with Gasteiger partial charge >= 0.3 is 6.18 Å². The van der Waals surface area contributed by atoms with Gasteiger partial charge in [-0.15, -0.1) is 0 Å². The van der Waals surface area contributed by atoms with Gasteiger partial charge in [-0.2, -0.15) is 13.2 Å². The summed E-state index contributed by atoms with van der Waals surface area (Å²) < 4.78 is 45.5. The number of hydrogen-bond donors (Lipinski definition) is 0. The lowest BCUT2D eigenvalue weighted by Crippen LogP contribution is -2.42. The van der Waals surface area contributed by atoms with Gasteiger partial charge in [0.1, 0.15) is 6.10 Å². The monoisotopic (exact) mass is 381 g/mol. The summed E-state index contributed by atoms with van der Waals surface area (Å²) in [6.45, 7) is 5.89. The third-order valence-corrected chi connectivity index (χ3v) is 4.43. The Morgan fingerprint density at radius 3 is 2.59 bits per heavy atom. The van der Waals surface area contributed by atoms with Crippen LogP contribution in [-0.2, 0) is 17.5 Å². The van der Waals surface area contributed by atoms with Crippen molar-refractivity contribution in [1.82, 2.24) is 9.55 Å². The highest BCUT2D eigenvalue weighted by atomic mass is 19.4. The Kier molecular flexibility index (Phi) is 5.55. The molecule has 5 nitrogen and oxygen atoms in total. The van der Waals surface area contributed by atoms with E-state index in [-0.39, 0.29) is 5.56 Å². The minimum absolute atomic E-state index is 0.167. The van der Waals surface area contributed by atoms with Gasteiger partial charge in [0.15, 0.2) is 5.82 Å². The first kappa shape index (κ1) is 19.4. The van der Waals surface area contributed by atoms with E-state index in [1.165, 1.54) is 12.1 Å². The van der Waals surface area contributed by atoms with E-state index in [0.29, 0.717) is 43.5 Å². The SMILES string of the molecule is CC(C)Cn1ccnc(N2CCOC(c3ccc(C(F)(F)F)cc3)C2)c1=O. The Morgan fingerprint density at radius 2 is 1.96 bits per heavy atom. The number of aromatic nitrogens is 2. The number of rotatable bonds is 4. The minimum atomic E-state index is -4.37. The Morgan fingerprint density at radius 1 is 1.26 bits per heavy atom. The second-order valence-electron chi connectivity index (χ2n) is 7.03. The van der Waals surface area contributed by atoms with Gasteiger partial charge in [0.2, 0.25) is 0 Å². The Hall–Kier alpha value is -2.35. The molecule has 1 aliphatic heterocycles. The zero-order valence-electron chi connectivity index (χ0n) is 15.2. The minimum Gasteiger partial charge on any atom is -0.370 e. The van der Waals surface area contributed by atoms with Crippen molar-refractivity contribution in [2.75, 3.05) is 24.6 Å². The lowest BCUT2D eigenvalue weighted by Gasteiger charge is -2.33.